The highest BCUT2D eigenvalue weighted by atomic mass is 35.5. The third-order valence-corrected chi connectivity index (χ3v) is 9.74. The minimum absolute atomic E-state index is 0.0625. The molecule has 220 valence electrons. The molecule has 0 radical (unpaired) electrons. The molecule has 0 spiro atoms. The molecule has 1 aliphatic rings. The summed E-state index contributed by atoms with van der Waals surface area (Å²) in [5.41, 5.74) is 2.30. The van der Waals surface area contributed by atoms with Crippen molar-refractivity contribution in [3.8, 4) is 11.1 Å². The Morgan fingerprint density at radius 3 is 2.44 bits per heavy atom. The second kappa shape index (κ2) is 13.7. The summed E-state index contributed by atoms with van der Waals surface area (Å²) in [4.78, 5) is 42.0. The first-order valence-corrected chi connectivity index (χ1v) is 15.8. The number of rotatable bonds is 14. The van der Waals surface area contributed by atoms with Crippen LogP contribution in [0.25, 0.3) is 21.3 Å². The fourth-order valence-electron chi connectivity index (χ4n) is 3.98. The van der Waals surface area contributed by atoms with Gasteiger partial charge in [0.1, 0.15) is 5.01 Å². The van der Waals surface area contributed by atoms with Gasteiger partial charge in [-0.15, -0.1) is 11.3 Å². The van der Waals surface area contributed by atoms with Crippen molar-refractivity contribution in [1.82, 2.24) is 20.9 Å². The summed E-state index contributed by atoms with van der Waals surface area (Å²) in [5.74, 6) is -1.85. The highest BCUT2D eigenvalue weighted by Gasteiger charge is 2.37. The van der Waals surface area contributed by atoms with Gasteiger partial charge < -0.3 is 25.4 Å². The number of halogens is 1. The maximum absolute atomic E-state index is 13.2. The minimum Gasteiger partial charge on any atom is -0.384 e. The number of ether oxygens (including phenoxy) is 2. The van der Waals surface area contributed by atoms with Crippen molar-refractivity contribution in [2.45, 2.75) is 24.1 Å². The lowest BCUT2D eigenvalue weighted by Crippen LogP contribution is -2.41. The summed E-state index contributed by atoms with van der Waals surface area (Å²) < 4.78 is 37.0. The maximum Gasteiger partial charge on any atom is 0.251 e. The molecule has 1 fully saturated rings. The van der Waals surface area contributed by atoms with E-state index in [4.69, 9.17) is 21.1 Å². The normalized spacial score (nSPS) is 14.0. The fourth-order valence-corrected chi connectivity index (χ4v) is 7.21. The fraction of sp³-hybridized carbons (Fsp3) is 0.407. The number of aromatic nitrogens is 1. The number of hydrogen-bond donors (Lipinski definition) is 3. The molecule has 1 unspecified atom stereocenters. The number of carbonyl (C=O) groups excluding carboxylic acids is 3. The molecule has 1 aromatic heterocycles. The Morgan fingerprint density at radius 1 is 1.07 bits per heavy atom. The van der Waals surface area contributed by atoms with Gasteiger partial charge in [-0.3, -0.25) is 14.4 Å². The van der Waals surface area contributed by atoms with Gasteiger partial charge >= 0.3 is 0 Å². The Hall–Kier alpha value is -3.10. The van der Waals surface area contributed by atoms with Gasteiger partial charge in [0.05, 0.1) is 40.8 Å². The van der Waals surface area contributed by atoms with E-state index in [0.717, 1.165) is 29.7 Å². The van der Waals surface area contributed by atoms with E-state index < -0.39 is 26.7 Å². The zero-order chi connectivity index (χ0) is 29.6. The van der Waals surface area contributed by atoms with Gasteiger partial charge in [-0.05, 0) is 42.7 Å². The number of amides is 3. The van der Waals surface area contributed by atoms with Crippen LogP contribution in [0.5, 0.6) is 0 Å². The maximum atomic E-state index is 13.2. The topological polar surface area (TPSA) is 153 Å². The average molecular weight is 623 g/mol. The number of nitrogens with zero attached hydrogens (tertiary/aromatic N) is 1. The Morgan fingerprint density at radius 2 is 1.78 bits per heavy atom. The summed E-state index contributed by atoms with van der Waals surface area (Å²) in [5, 5.41) is 6.77. The molecule has 0 bridgehead atoms. The summed E-state index contributed by atoms with van der Waals surface area (Å²) in [6, 6.07) is 10.4. The van der Waals surface area contributed by atoms with Gasteiger partial charge in [0.25, 0.3) is 5.91 Å². The minimum atomic E-state index is -4.04. The van der Waals surface area contributed by atoms with E-state index in [1.165, 1.54) is 7.11 Å². The summed E-state index contributed by atoms with van der Waals surface area (Å²) in [6.45, 7) is 0.353. The standard InChI is InChI=1S/C27H31ClN4O7S2/c1-38-10-9-29-25(34)17-5-3-16(4-6-17)19-13-22-21(14-20(19)28)32-27(40-22)24(41(36,37)12-11-39-2)26(35)30-15-23(33)31-18-7-8-18/h3-6,13-14,18,24H,7-12,15H2,1-2H3,(H,29,34)(H,30,35)(H,31,33). The second-order valence-electron chi connectivity index (χ2n) is 9.48. The monoisotopic (exact) mass is 622 g/mol. The molecular weight excluding hydrogens is 592 g/mol. The van der Waals surface area contributed by atoms with Crippen LogP contribution in [0.1, 0.15) is 33.5 Å². The van der Waals surface area contributed by atoms with Crippen LogP contribution in [-0.2, 0) is 28.9 Å². The number of nitrogens with one attached hydrogen (secondary N) is 3. The molecule has 11 nitrogen and oxygen atoms in total. The molecule has 1 atom stereocenters. The lowest BCUT2D eigenvalue weighted by molar-refractivity contribution is -0.126. The van der Waals surface area contributed by atoms with Crippen molar-refractivity contribution in [3.63, 3.8) is 0 Å². The van der Waals surface area contributed by atoms with Gasteiger partial charge in [-0.2, -0.15) is 0 Å². The predicted molar refractivity (Wildman–Crippen MR) is 157 cm³/mol. The molecule has 3 aromatic rings. The number of hydrogen-bond acceptors (Lipinski definition) is 9. The molecule has 4 rings (SSSR count). The summed E-state index contributed by atoms with van der Waals surface area (Å²) in [7, 11) is -1.11. The third kappa shape index (κ3) is 8.01. The molecule has 1 aliphatic carbocycles. The highest BCUT2D eigenvalue weighted by Crippen LogP contribution is 2.37. The predicted octanol–water partition coefficient (Wildman–Crippen LogP) is 2.49. The number of sulfone groups is 1. The Balaban J connectivity index is 1.59. The van der Waals surface area contributed by atoms with Crippen LogP contribution in [0.2, 0.25) is 5.02 Å². The molecule has 2 aromatic carbocycles. The summed E-state index contributed by atoms with van der Waals surface area (Å²) in [6.07, 6.45) is 1.77. The van der Waals surface area contributed by atoms with E-state index in [1.807, 2.05) is 0 Å². The molecule has 1 heterocycles. The zero-order valence-corrected chi connectivity index (χ0v) is 25.0. The molecule has 41 heavy (non-hydrogen) atoms. The number of fused-ring (bicyclic) bond motifs is 1. The smallest absolute Gasteiger partial charge is 0.251 e. The second-order valence-corrected chi connectivity index (χ2v) is 13.2. The van der Waals surface area contributed by atoms with E-state index >= 15 is 0 Å². The molecule has 0 aliphatic heterocycles. The van der Waals surface area contributed by atoms with Crippen molar-refractivity contribution in [1.29, 1.82) is 0 Å². The lowest BCUT2D eigenvalue weighted by Gasteiger charge is -2.15. The van der Waals surface area contributed by atoms with Crippen LogP contribution >= 0.6 is 22.9 Å². The highest BCUT2D eigenvalue weighted by molar-refractivity contribution is 7.92. The van der Waals surface area contributed by atoms with Gasteiger partial charge in [-0.25, -0.2) is 13.4 Å². The Labute approximate surface area is 246 Å². The first-order valence-electron chi connectivity index (χ1n) is 12.9. The lowest BCUT2D eigenvalue weighted by atomic mass is 10.0. The molecule has 1 saturated carbocycles. The first kappa shape index (κ1) is 30.8. The van der Waals surface area contributed by atoms with Crippen molar-refractivity contribution in [2.24, 2.45) is 0 Å². The molecule has 14 heteroatoms. The quantitative estimate of drug-likeness (QED) is 0.232. The van der Waals surface area contributed by atoms with Gasteiger partial charge in [0, 0.05) is 37.9 Å². The van der Waals surface area contributed by atoms with E-state index in [1.54, 1.807) is 43.5 Å². The van der Waals surface area contributed by atoms with Crippen molar-refractivity contribution in [2.75, 3.05) is 46.3 Å². The van der Waals surface area contributed by atoms with Gasteiger partial charge in [0.2, 0.25) is 11.8 Å². The van der Waals surface area contributed by atoms with Crippen LogP contribution in [0, 0.1) is 0 Å². The van der Waals surface area contributed by atoms with Crippen LogP contribution in [-0.4, -0.2) is 83.4 Å². The average Bonchev–Trinajstić information content (AvgIpc) is 3.67. The molecule has 0 saturated heterocycles. The molecular formula is C27H31ClN4O7S2. The van der Waals surface area contributed by atoms with E-state index in [2.05, 4.69) is 20.9 Å². The van der Waals surface area contributed by atoms with Crippen molar-refractivity contribution < 1.29 is 32.3 Å². The number of benzene rings is 2. The van der Waals surface area contributed by atoms with Crippen LogP contribution in [0.3, 0.4) is 0 Å². The van der Waals surface area contributed by atoms with Crippen LogP contribution in [0.4, 0.5) is 0 Å². The van der Waals surface area contributed by atoms with Gasteiger partial charge in [-0.1, -0.05) is 23.7 Å². The first-order chi connectivity index (χ1) is 19.6. The number of methoxy groups -OCH3 is 2. The van der Waals surface area contributed by atoms with Crippen LogP contribution in [0.15, 0.2) is 36.4 Å². The largest absolute Gasteiger partial charge is 0.384 e. The molecule has 3 N–H and O–H groups in total. The third-order valence-electron chi connectivity index (χ3n) is 6.30. The van der Waals surface area contributed by atoms with E-state index in [0.29, 0.717) is 39.5 Å². The van der Waals surface area contributed by atoms with Crippen molar-refractivity contribution >= 4 is 60.7 Å². The Kier molecular flexibility index (Phi) is 10.3. The number of carbonyl (C=O) groups is 3. The zero-order valence-electron chi connectivity index (χ0n) is 22.6. The molecule has 3 amide bonds. The number of thiazole rings is 1. The van der Waals surface area contributed by atoms with E-state index in [9.17, 15) is 22.8 Å². The SMILES string of the molecule is COCCNC(=O)c1ccc(-c2cc3sc(C(C(=O)NCC(=O)NC4CC4)S(=O)(=O)CCOC)nc3cc2Cl)cc1. The summed E-state index contributed by atoms with van der Waals surface area (Å²) >= 11 is 7.64. The van der Waals surface area contributed by atoms with Crippen LogP contribution < -0.4 is 16.0 Å². The van der Waals surface area contributed by atoms with Crippen molar-refractivity contribution in [3.05, 3.63) is 52.0 Å². The Bertz CT molecular complexity index is 1520. The van der Waals surface area contributed by atoms with E-state index in [-0.39, 0.29) is 36.0 Å². The van der Waals surface area contributed by atoms with Gasteiger partial charge in [0.15, 0.2) is 15.1 Å².